The SMILES string of the molecule is CCCCCCCCCCCCCCCCCCCCCCCCCCCCOP(=O)(OCCCCCCCCCCCCCCCCCCCCCCCCCCCC)OCCCCCCCCCCCCCCCCCCCCCCCCCCCC.[Na]. The zero-order valence-corrected chi connectivity index (χ0v) is 66.3. The Labute approximate surface area is 592 Å². The summed E-state index contributed by atoms with van der Waals surface area (Å²) >= 11 is 0. The fourth-order valence-electron chi connectivity index (χ4n) is 13.9. The first-order chi connectivity index (χ1) is 44.2. The van der Waals surface area contributed by atoms with Crippen LogP contribution >= 0.6 is 7.82 Å². The van der Waals surface area contributed by atoms with Crippen molar-refractivity contribution >= 4 is 37.4 Å². The molecule has 0 aromatic rings. The van der Waals surface area contributed by atoms with Gasteiger partial charge in [-0.05, 0) is 19.3 Å². The molecule has 0 aromatic heterocycles. The maximum atomic E-state index is 13.9. The first-order valence-electron chi connectivity index (χ1n) is 42.7. The van der Waals surface area contributed by atoms with E-state index in [0.29, 0.717) is 19.8 Å². The van der Waals surface area contributed by atoms with Gasteiger partial charge in [-0.2, -0.15) is 0 Å². The van der Waals surface area contributed by atoms with Gasteiger partial charge in [-0.1, -0.05) is 502 Å². The summed E-state index contributed by atoms with van der Waals surface area (Å²) in [5.74, 6) is 0. The van der Waals surface area contributed by atoms with E-state index in [9.17, 15) is 4.57 Å². The topological polar surface area (TPSA) is 44.8 Å². The van der Waals surface area contributed by atoms with Crippen LogP contribution in [0.25, 0.3) is 0 Å². The van der Waals surface area contributed by atoms with E-state index in [0.717, 1.165) is 38.5 Å². The zero-order chi connectivity index (χ0) is 63.9. The molecule has 537 valence electrons. The van der Waals surface area contributed by atoms with Crippen LogP contribution in [0, 0.1) is 0 Å². The van der Waals surface area contributed by atoms with Crippen molar-refractivity contribution < 1.29 is 18.1 Å². The number of hydrogen-bond donors (Lipinski definition) is 0. The number of phosphoric ester groups is 1. The third kappa shape index (κ3) is 83.3. The fourth-order valence-corrected chi connectivity index (χ4v) is 15.2. The van der Waals surface area contributed by atoms with E-state index in [4.69, 9.17) is 13.6 Å². The normalized spacial score (nSPS) is 11.9. The zero-order valence-electron chi connectivity index (χ0n) is 63.4. The number of phosphoric acid groups is 1. The van der Waals surface area contributed by atoms with Crippen LogP contribution in [0.4, 0.5) is 0 Å². The largest absolute Gasteiger partial charge is 0.474 e. The Morgan fingerprint density at radius 2 is 0.222 bits per heavy atom. The summed E-state index contributed by atoms with van der Waals surface area (Å²) in [5, 5.41) is 0. The van der Waals surface area contributed by atoms with Crippen molar-refractivity contribution in [2.45, 2.75) is 522 Å². The Balaban J connectivity index is 0. The van der Waals surface area contributed by atoms with Gasteiger partial charge in [0.1, 0.15) is 0 Å². The van der Waals surface area contributed by atoms with E-state index in [1.54, 1.807) is 0 Å². The number of unbranched alkanes of at least 4 members (excludes halogenated alkanes) is 75. The summed E-state index contributed by atoms with van der Waals surface area (Å²) in [6.07, 6.45) is 109. The van der Waals surface area contributed by atoms with Crippen molar-refractivity contribution in [1.29, 1.82) is 0 Å². The average Bonchev–Trinajstić information content (AvgIpc) is 3.73. The summed E-state index contributed by atoms with van der Waals surface area (Å²) in [5.41, 5.74) is 0. The fraction of sp³-hybridized carbons (Fsp3) is 1.00. The van der Waals surface area contributed by atoms with Crippen LogP contribution in [0.15, 0.2) is 0 Å². The van der Waals surface area contributed by atoms with Crippen molar-refractivity contribution in [3.05, 3.63) is 0 Å². The molecule has 0 saturated heterocycles. The minimum atomic E-state index is -3.52. The first-order valence-corrected chi connectivity index (χ1v) is 44.2. The molecule has 0 aliphatic rings. The van der Waals surface area contributed by atoms with Gasteiger partial charge in [-0.15, -0.1) is 0 Å². The molecule has 6 heteroatoms. The van der Waals surface area contributed by atoms with E-state index in [2.05, 4.69) is 20.8 Å². The Hall–Kier alpha value is 1.11. The Morgan fingerprint density at radius 1 is 0.144 bits per heavy atom. The molecule has 0 atom stereocenters. The van der Waals surface area contributed by atoms with E-state index in [-0.39, 0.29) is 29.6 Å². The van der Waals surface area contributed by atoms with Gasteiger partial charge in [-0.25, -0.2) is 4.57 Å². The molecule has 0 rings (SSSR count). The minimum absolute atomic E-state index is 0. The summed E-state index contributed by atoms with van der Waals surface area (Å²) in [6.45, 7) is 8.38. The molecule has 0 heterocycles. The molecular formula is C84H171NaO4P. The maximum Gasteiger partial charge on any atom is 0.474 e. The van der Waals surface area contributed by atoms with Crippen molar-refractivity contribution in [2.24, 2.45) is 0 Å². The molecule has 0 unspecified atom stereocenters. The van der Waals surface area contributed by atoms with Crippen molar-refractivity contribution in [3.8, 4) is 0 Å². The quantitative estimate of drug-likeness (QED) is 0.0346. The third-order valence-corrected chi connectivity index (χ3v) is 21.7. The molecule has 0 saturated carbocycles. The Bertz CT molecular complexity index is 1120. The molecular weight excluding hydrogens is 1130 g/mol. The van der Waals surface area contributed by atoms with Gasteiger partial charge in [0.15, 0.2) is 0 Å². The smallest absolute Gasteiger partial charge is 0.287 e. The molecule has 0 aliphatic heterocycles. The Morgan fingerprint density at radius 3 is 0.311 bits per heavy atom. The predicted octanol–water partition coefficient (Wildman–Crippen LogP) is 32.3. The molecule has 0 fully saturated rings. The summed E-state index contributed by atoms with van der Waals surface area (Å²) in [7, 11) is -3.52. The van der Waals surface area contributed by atoms with Gasteiger partial charge >= 0.3 is 7.82 Å². The van der Waals surface area contributed by atoms with Crippen LogP contribution in [0.5, 0.6) is 0 Å². The van der Waals surface area contributed by atoms with E-state index in [1.165, 1.54) is 462 Å². The van der Waals surface area contributed by atoms with Crippen molar-refractivity contribution in [1.82, 2.24) is 0 Å². The number of rotatable bonds is 84. The predicted molar refractivity (Wildman–Crippen MR) is 408 cm³/mol. The second-order valence-electron chi connectivity index (χ2n) is 29.5. The monoisotopic (exact) mass is 1300 g/mol. The summed E-state index contributed by atoms with van der Waals surface area (Å²) in [6, 6.07) is 0. The average molecular weight is 1300 g/mol. The van der Waals surface area contributed by atoms with Gasteiger partial charge in [-0.3, -0.25) is 13.6 Å². The molecule has 0 N–H and O–H groups in total. The molecule has 0 bridgehead atoms. The van der Waals surface area contributed by atoms with Crippen LogP contribution in [0.3, 0.4) is 0 Å². The van der Waals surface area contributed by atoms with Crippen LogP contribution in [0.1, 0.15) is 522 Å². The van der Waals surface area contributed by atoms with Crippen LogP contribution in [0.2, 0.25) is 0 Å². The van der Waals surface area contributed by atoms with Gasteiger partial charge in [0.25, 0.3) is 0 Å². The molecule has 0 aromatic carbocycles. The van der Waals surface area contributed by atoms with Crippen LogP contribution in [-0.2, 0) is 18.1 Å². The summed E-state index contributed by atoms with van der Waals surface area (Å²) in [4.78, 5) is 0. The van der Waals surface area contributed by atoms with Crippen molar-refractivity contribution in [3.63, 3.8) is 0 Å². The molecule has 1 radical (unpaired) electrons. The Kier molecular flexibility index (Phi) is 89.2. The van der Waals surface area contributed by atoms with Crippen molar-refractivity contribution in [2.75, 3.05) is 19.8 Å². The van der Waals surface area contributed by atoms with Crippen LogP contribution < -0.4 is 0 Å². The molecule has 0 aliphatic carbocycles. The van der Waals surface area contributed by atoms with Gasteiger partial charge in [0, 0.05) is 29.6 Å². The molecule has 4 nitrogen and oxygen atoms in total. The van der Waals surface area contributed by atoms with E-state index >= 15 is 0 Å². The van der Waals surface area contributed by atoms with Crippen LogP contribution in [-0.4, -0.2) is 49.4 Å². The second-order valence-corrected chi connectivity index (χ2v) is 31.1. The minimum Gasteiger partial charge on any atom is -0.287 e. The first kappa shape index (κ1) is 93.2. The van der Waals surface area contributed by atoms with E-state index < -0.39 is 7.82 Å². The maximum absolute atomic E-state index is 13.9. The van der Waals surface area contributed by atoms with Gasteiger partial charge in [0.05, 0.1) is 19.8 Å². The summed E-state index contributed by atoms with van der Waals surface area (Å²) < 4.78 is 31.9. The molecule has 0 spiro atoms. The third-order valence-electron chi connectivity index (χ3n) is 20.2. The van der Waals surface area contributed by atoms with E-state index in [1.807, 2.05) is 0 Å². The molecule has 90 heavy (non-hydrogen) atoms. The molecule has 0 amide bonds. The standard InChI is InChI=1S/C84H171O4P.Na/c1-4-7-10-13-16-19-22-25-28-31-34-37-40-43-46-49-52-55-58-61-64-67-70-73-76-79-82-86-89(85,87-83-80-77-74-71-68-65-62-59-56-53-50-47-44-41-38-35-32-29-26-23-20-17-14-11-8-5-2)88-84-81-78-75-72-69-66-63-60-57-54-51-48-45-42-39-36-33-30-27-24-21-18-15-12-9-6-3;/h4-84H2,1-3H3;. The van der Waals surface area contributed by atoms with Gasteiger partial charge < -0.3 is 0 Å². The number of hydrogen-bond acceptors (Lipinski definition) is 4. The second kappa shape index (κ2) is 86.2. The van der Waals surface area contributed by atoms with Gasteiger partial charge in [0.2, 0.25) is 0 Å².